The third-order valence-corrected chi connectivity index (χ3v) is 2.04. The summed E-state index contributed by atoms with van der Waals surface area (Å²) in [5, 5.41) is 2.83. The average Bonchev–Trinajstić information content (AvgIpc) is 2.26. The maximum absolute atomic E-state index is 11.3. The van der Waals surface area contributed by atoms with E-state index in [2.05, 4.69) is 11.9 Å². The Hall–Kier alpha value is -1.90. The molecule has 0 bridgehead atoms. The van der Waals surface area contributed by atoms with Crippen LogP contribution < -0.4 is 5.32 Å². The summed E-state index contributed by atoms with van der Waals surface area (Å²) in [5.41, 5.74) is 1.85. The van der Waals surface area contributed by atoms with Crippen molar-refractivity contribution in [1.29, 1.82) is 0 Å². The summed E-state index contributed by atoms with van der Waals surface area (Å²) in [4.78, 5) is 21.6. The molecule has 1 aromatic carbocycles. The van der Waals surface area contributed by atoms with Crippen LogP contribution in [-0.2, 0) is 11.3 Å². The number of allylic oxidation sites excluding steroid dienone is 1. The summed E-state index contributed by atoms with van der Waals surface area (Å²) >= 11 is 0. The molecule has 78 valence electrons. The second-order valence-electron chi connectivity index (χ2n) is 3.21. The van der Waals surface area contributed by atoms with Gasteiger partial charge in [0.25, 0.3) is 0 Å². The molecule has 0 atom stereocenters. The molecule has 0 aromatic heterocycles. The van der Waals surface area contributed by atoms with Crippen LogP contribution in [0.3, 0.4) is 0 Å². The van der Waals surface area contributed by atoms with E-state index in [-0.39, 0.29) is 5.78 Å². The Morgan fingerprint density at radius 3 is 2.73 bits per heavy atom. The Kier molecular flexibility index (Phi) is 3.80. The highest BCUT2D eigenvalue weighted by atomic mass is 16.1. The van der Waals surface area contributed by atoms with Crippen molar-refractivity contribution in [2.24, 2.45) is 0 Å². The van der Waals surface area contributed by atoms with Crippen molar-refractivity contribution in [2.75, 3.05) is 0 Å². The van der Waals surface area contributed by atoms with Gasteiger partial charge >= 0.3 is 0 Å². The highest BCUT2D eigenvalue weighted by Gasteiger charge is 2.05. The van der Waals surface area contributed by atoms with Gasteiger partial charge in [-0.2, -0.15) is 0 Å². The van der Waals surface area contributed by atoms with Crippen molar-refractivity contribution >= 4 is 12.1 Å². The fourth-order valence-electron chi connectivity index (χ4n) is 1.27. The molecule has 0 heterocycles. The van der Waals surface area contributed by atoms with Crippen LogP contribution in [0.25, 0.3) is 0 Å². The number of hydrogen-bond donors (Lipinski definition) is 1. The number of benzene rings is 1. The van der Waals surface area contributed by atoms with Gasteiger partial charge in [0, 0.05) is 12.1 Å². The zero-order chi connectivity index (χ0) is 11.3. The summed E-state index contributed by atoms with van der Waals surface area (Å²) < 4.78 is 0. The van der Waals surface area contributed by atoms with Gasteiger partial charge in [-0.15, -0.1) is 0 Å². The predicted octanol–water partition coefficient (Wildman–Crippen LogP) is 1.69. The van der Waals surface area contributed by atoms with Gasteiger partial charge in [-0.1, -0.05) is 30.8 Å². The lowest BCUT2D eigenvalue weighted by Crippen LogP contribution is -2.14. The van der Waals surface area contributed by atoms with E-state index in [9.17, 15) is 9.59 Å². The standard InChI is InChI=1S/C12H13NO2/c1-9(8-14)13-7-11-5-3-4-6-12(11)10(2)15/h3-6,8,13H,1,7H2,2H3. The largest absolute Gasteiger partial charge is 0.379 e. The number of nitrogens with one attached hydrogen (secondary N) is 1. The van der Waals surface area contributed by atoms with E-state index in [4.69, 9.17) is 0 Å². The molecule has 3 nitrogen and oxygen atoms in total. The van der Waals surface area contributed by atoms with Gasteiger partial charge in [-0.25, -0.2) is 0 Å². The Balaban J connectivity index is 2.80. The Morgan fingerprint density at radius 2 is 2.13 bits per heavy atom. The molecular formula is C12H13NO2. The summed E-state index contributed by atoms with van der Waals surface area (Å²) in [5.74, 6) is 0.0177. The van der Waals surface area contributed by atoms with Crippen LogP contribution >= 0.6 is 0 Å². The van der Waals surface area contributed by atoms with Crippen molar-refractivity contribution in [1.82, 2.24) is 5.32 Å². The summed E-state index contributed by atoms with van der Waals surface area (Å²) in [7, 11) is 0. The first-order valence-corrected chi connectivity index (χ1v) is 4.62. The summed E-state index contributed by atoms with van der Waals surface area (Å²) in [6.45, 7) is 5.46. The van der Waals surface area contributed by atoms with Gasteiger partial charge in [0.15, 0.2) is 12.1 Å². The van der Waals surface area contributed by atoms with E-state index in [1.807, 2.05) is 18.2 Å². The molecule has 0 radical (unpaired) electrons. The summed E-state index contributed by atoms with van der Waals surface area (Å²) in [6, 6.07) is 7.28. The molecule has 0 aliphatic rings. The minimum Gasteiger partial charge on any atom is -0.379 e. The number of Topliss-reactive ketones (excluding diaryl/α,β-unsaturated/α-hetero) is 1. The molecule has 1 rings (SSSR count). The number of ketones is 1. The topological polar surface area (TPSA) is 46.2 Å². The van der Waals surface area contributed by atoms with Gasteiger partial charge in [0.05, 0.1) is 5.70 Å². The molecule has 1 N–H and O–H groups in total. The van der Waals surface area contributed by atoms with Crippen LogP contribution in [0.2, 0.25) is 0 Å². The quantitative estimate of drug-likeness (QED) is 0.450. The first-order chi connectivity index (χ1) is 7.15. The van der Waals surface area contributed by atoms with E-state index < -0.39 is 0 Å². The SMILES string of the molecule is C=C(C=O)NCc1ccccc1C(C)=O. The molecule has 1 aromatic rings. The molecule has 0 aliphatic carbocycles. The smallest absolute Gasteiger partial charge is 0.165 e. The highest BCUT2D eigenvalue weighted by molar-refractivity contribution is 5.95. The van der Waals surface area contributed by atoms with Gasteiger partial charge in [-0.3, -0.25) is 9.59 Å². The van der Waals surface area contributed by atoms with E-state index in [0.29, 0.717) is 24.1 Å². The zero-order valence-electron chi connectivity index (χ0n) is 8.62. The van der Waals surface area contributed by atoms with Crippen molar-refractivity contribution < 1.29 is 9.59 Å². The number of hydrogen-bond acceptors (Lipinski definition) is 3. The molecule has 0 saturated carbocycles. The van der Waals surface area contributed by atoms with Crippen molar-refractivity contribution in [3.8, 4) is 0 Å². The molecule has 0 aliphatic heterocycles. The van der Waals surface area contributed by atoms with Crippen LogP contribution in [0.1, 0.15) is 22.8 Å². The fraction of sp³-hybridized carbons (Fsp3) is 0.167. The third kappa shape index (κ3) is 3.06. The molecule has 15 heavy (non-hydrogen) atoms. The van der Waals surface area contributed by atoms with Gasteiger partial charge in [0.2, 0.25) is 0 Å². The van der Waals surface area contributed by atoms with Crippen LogP contribution in [0.15, 0.2) is 36.5 Å². The molecule has 0 saturated heterocycles. The van der Waals surface area contributed by atoms with E-state index in [0.717, 1.165) is 5.56 Å². The van der Waals surface area contributed by atoms with Gasteiger partial charge in [0.1, 0.15) is 0 Å². The average molecular weight is 203 g/mol. The molecule has 0 spiro atoms. The number of carbonyl (C=O) groups excluding carboxylic acids is 2. The van der Waals surface area contributed by atoms with Crippen molar-refractivity contribution in [3.05, 3.63) is 47.7 Å². The number of rotatable bonds is 5. The molecule has 0 unspecified atom stereocenters. The number of carbonyl (C=O) groups is 2. The Morgan fingerprint density at radius 1 is 1.47 bits per heavy atom. The lowest BCUT2D eigenvalue weighted by Gasteiger charge is -2.08. The monoisotopic (exact) mass is 203 g/mol. The van der Waals surface area contributed by atoms with E-state index in [1.165, 1.54) is 6.92 Å². The van der Waals surface area contributed by atoms with Crippen LogP contribution in [-0.4, -0.2) is 12.1 Å². The Labute approximate surface area is 88.8 Å². The van der Waals surface area contributed by atoms with Crippen LogP contribution in [0.5, 0.6) is 0 Å². The third-order valence-electron chi connectivity index (χ3n) is 2.04. The highest BCUT2D eigenvalue weighted by Crippen LogP contribution is 2.09. The molecule has 0 amide bonds. The second-order valence-corrected chi connectivity index (χ2v) is 3.21. The van der Waals surface area contributed by atoms with Crippen molar-refractivity contribution in [3.63, 3.8) is 0 Å². The number of aldehydes is 1. The molecule has 0 fully saturated rings. The van der Waals surface area contributed by atoms with Crippen molar-refractivity contribution in [2.45, 2.75) is 13.5 Å². The van der Waals surface area contributed by atoms with E-state index in [1.54, 1.807) is 6.07 Å². The molecular weight excluding hydrogens is 190 g/mol. The maximum atomic E-state index is 11.3. The van der Waals surface area contributed by atoms with Gasteiger partial charge in [-0.05, 0) is 12.5 Å². The normalized spacial score (nSPS) is 9.40. The van der Waals surface area contributed by atoms with Crippen LogP contribution in [0.4, 0.5) is 0 Å². The minimum atomic E-state index is 0.0177. The predicted molar refractivity (Wildman–Crippen MR) is 58.5 cm³/mol. The maximum Gasteiger partial charge on any atom is 0.165 e. The second kappa shape index (κ2) is 5.10. The zero-order valence-corrected chi connectivity index (χ0v) is 8.62. The lowest BCUT2D eigenvalue weighted by molar-refractivity contribution is -0.105. The minimum absolute atomic E-state index is 0.0177. The molecule has 3 heteroatoms. The van der Waals surface area contributed by atoms with Gasteiger partial charge < -0.3 is 5.32 Å². The first-order valence-electron chi connectivity index (χ1n) is 4.62. The fourth-order valence-corrected chi connectivity index (χ4v) is 1.27. The first kappa shape index (κ1) is 11.2. The lowest BCUT2D eigenvalue weighted by atomic mass is 10.0. The van der Waals surface area contributed by atoms with Crippen LogP contribution in [0, 0.1) is 0 Å². The van der Waals surface area contributed by atoms with E-state index >= 15 is 0 Å². The Bertz CT molecular complexity index is 396. The summed E-state index contributed by atoms with van der Waals surface area (Å²) in [6.07, 6.45) is 0.649.